The van der Waals surface area contributed by atoms with Gasteiger partial charge in [0.05, 0.1) is 38.6 Å². The first kappa shape index (κ1) is 75.2. The number of aliphatic hydroxyl groups is 11. The molecule has 0 radical (unpaired) electrons. The van der Waals surface area contributed by atoms with Gasteiger partial charge in [-0.2, -0.15) is 0 Å². The number of hydrogen-bond acceptors (Lipinski definition) is 18. The highest BCUT2D eigenvalue weighted by molar-refractivity contribution is 5.76. The molecule has 0 aromatic carbocycles. The molecule has 484 valence electrons. The lowest BCUT2D eigenvalue weighted by Crippen LogP contribution is -2.66. The molecule has 17 atom stereocenters. The molecule has 0 bridgehead atoms. The molecule has 0 spiro atoms. The quantitative estimate of drug-likeness (QED) is 0.0221. The smallest absolute Gasteiger partial charge is 0.220 e. The average molecular weight is 1190 g/mol. The molecule has 3 aliphatic rings. The van der Waals surface area contributed by atoms with Crippen molar-refractivity contribution in [1.29, 1.82) is 0 Å². The Morgan fingerprint density at radius 1 is 0.440 bits per heavy atom. The summed E-state index contributed by atoms with van der Waals surface area (Å²) < 4.78 is 34.2. The molecule has 0 saturated carbocycles. The summed E-state index contributed by atoms with van der Waals surface area (Å²) in [4.78, 5) is 13.4. The minimum Gasteiger partial charge on any atom is -0.394 e. The van der Waals surface area contributed by atoms with Crippen LogP contribution in [0.1, 0.15) is 187 Å². The van der Waals surface area contributed by atoms with Gasteiger partial charge in [0.2, 0.25) is 5.91 Å². The first-order valence-electron chi connectivity index (χ1n) is 31.8. The number of carbonyl (C=O) groups is 1. The summed E-state index contributed by atoms with van der Waals surface area (Å²) in [6, 6.07) is -1.00. The van der Waals surface area contributed by atoms with E-state index in [-0.39, 0.29) is 18.9 Å². The maximum absolute atomic E-state index is 13.4. The summed E-state index contributed by atoms with van der Waals surface area (Å²) in [5.41, 5.74) is 0. The van der Waals surface area contributed by atoms with Crippen molar-refractivity contribution >= 4 is 5.91 Å². The van der Waals surface area contributed by atoms with Crippen molar-refractivity contribution in [2.24, 2.45) is 0 Å². The Morgan fingerprint density at radius 2 is 0.833 bits per heavy atom. The van der Waals surface area contributed by atoms with Gasteiger partial charge in [-0.15, -0.1) is 0 Å². The van der Waals surface area contributed by atoms with Gasteiger partial charge in [0, 0.05) is 6.42 Å². The monoisotopic (exact) mass is 1190 g/mol. The lowest BCUT2D eigenvalue weighted by atomic mass is 9.96. The standard InChI is InChI=1S/C65H111NO18/c1-3-5-7-9-11-13-15-17-19-20-21-22-23-24-25-26-27-28-29-31-33-35-37-39-41-43-53(71)66-48(49(70)42-40-38-36-34-32-30-18-16-14-12-10-8-6-4-2)47-79-63-59(77)56(74)61(51(45-68)81-63)84-65-60(78)57(75)62(52(46-69)82-65)83-64-58(76)55(73)54(72)50(44-67)80-64/h5,7,11,13-14,16-17,19,21-22,32,34,40,42,48-52,54-65,67-70,72-78H,3-4,6,8-10,12,15,18,20,23-31,33,35-39,41,43-47H2,1-2H3,(H,66,71)/b7-5-,13-11-,16-14+,19-17-,22-21-,34-32+,42-40+. The van der Waals surface area contributed by atoms with Crippen molar-refractivity contribution in [3.63, 3.8) is 0 Å². The molecular weight excluding hydrogens is 1080 g/mol. The number of hydrogen-bond donors (Lipinski definition) is 12. The maximum Gasteiger partial charge on any atom is 0.220 e. The topological polar surface area (TPSA) is 307 Å². The number of aliphatic hydroxyl groups excluding tert-OH is 11. The van der Waals surface area contributed by atoms with Crippen LogP contribution in [0.2, 0.25) is 0 Å². The summed E-state index contributed by atoms with van der Waals surface area (Å²) >= 11 is 0. The third kappa shape index (κ3) is 29.8. The van der Waals surface area contributed by atoms with Gasteiger partial charge < -0.3 is 89.9 Å². The maximum atomic E-state index is 13.4. The van der Waals surface area contributed by atoms with Gasteiger partial charge in [0.25, 0.3) is 0 Å². The van der Waals surface area contributed by atoms with Gasteiger partial charge in [-0.25, -0.2) is 0 Å². The molecule has 19 nitrogen and oxygen atoms in total. The largest absolute Gasteiger partial charge is 0.394 e. The van der Waals surface area contributed by atoms with Crippen LogP contribution < -0.4 is 5.32 Å². The fourth-order valence-corrected chi connectivity index (χ4v) is 10.2. The van der Waals surface area contributed by atoms with Crippen LogP contribution in [0.5, 0.6) is 0 Å². The van der Waals surface area contributed by atoms with Crippen LogP contribution in [0.25, 0.3) is 0 Å². The molecule has 84 heavy (non-hydrogen) atoms. The van der Waals surface area contributed by atoms with Gasteiger partial charge in [-0.3, -0.25) is 4.79 Å². The number of nitrogens with one attached hydrogen (secondary N) is 1. The van der Waals surface area contributed by atoms with Crippen LogP contribution in [-0.4, -0.2) is 193 Å². The van der Waals surface area contributed by atoms with Gasteiger partial charge >= 0.3 is 0 Å². The fraction of sp³-hybridized carbons (Fsp3) is 0.769. The van der Waals surface area contributed by atoms with E-state index in [0.29, 0.717) is 12.8 Å². The molecule has 0 aliphatic carbocycles. The number of carbonyl (C=O) groups excluding carboxylic acids is 1. The predicted octanol–water partition coefficient (Wildman–Crippen LogP) is 6.76. The molecule has 12 N–H and O–H groups in total. The molecule has 1 amide bonds. The van der Waals surface area contributed by atoms with E-state index in [1.54, 1.807) is 6.08 Å². The van der Waals surface area contributed by atoms with Crippen molar-refractivity contribution < 1.29 is 89.4 Å². The summed E-state index contributed by atoms with van der Waals surface area (Å²) in [7, 11) is 0. The predicted molar refractivity (Wildman–Crippen MR) is 323 cm³/mol. The van der Waals surface area contributed by atoms with Gasteiger partial charge in [-0.05, 0) is 83.5 Å². The molecule has 0 aromatic rings. The highest BCUT2D eigenvalue weighted by Gasteiger charge is 2.53. The Balaban J connectivity index is 1.46. The number of allylic oxidation sites excluding steroid dienone is 13. The van der Waals surface area contributed by atoms with Crippen LogP contribution in [0, 0.1) is 0 Å². The molecule has 17 unspecified atom stereocenters. The molecule has 0 aromatic heterocycles. The Morgan fingerprint density at radius 3 is 1.33 bits per heavy atom. The minimum absolute atomic E-state index is 0.225. The van der Waals surface area contributed by atoms with Crippen molar-refractivity contribution in [1.82, 2.24) is 5.32 Å². The van der Waals surface area contributed by atoms with E-state index in [1.165, 1.54) is 70.6 Å². The molecular formula is C65H111NO18. The summed E-state index contributed by atoms with van der Waals surface area (Å²) in [5.74, 6) is -0.297. The zero-order chi connectivity index (χ0) is 61.2. The van der Waals surface area contributed by atoms with Crippen molar-refractivity contribution in [3.05, 3.63) is 85.1 Å². The van der Waals surface area contributed by atoms with Crippen LogP contribution >= 0.6 is 0 Å². The second kappa shape index (κ2) is 47.0. The molecule has 3 fully saturated rings. The van der Waals surface area contributed by atoms with E-state index in [4.69, 9.17) is 28.4 Å². The zero-order valence-corrected chi connectivity index (χ0v) is 50.6. The van der Waals surface area contributed by atoms with Crippen LogP contribution in [0.15, 0.2) is 85.1 Å². The lowest BCUT2D eigenvalue weighted by Gasteiger charge is -2.48. The van der Waals surface area contributed by atoms with Crippen molar-refractivity contribution in [3.8, 4) is 0 Å². The van der Waals surface area contributed by atoms with Gasteiger partial charge in [0.1, 0.15) is 73.2 Å². The summed E-state index contributed by atoms with van der Waals surface area (Å²) in [6.45, 7) is 1.54. The van der Waals surface area contributed by atoms with E-state index < -0.39 is 124 Å². The third-order valence-electron chi connectivity index (χ3n) is 15.4. The minimum atomic E-state index is -1.99. The molecule has 19 heteroatoms. The Kier molecular flexibility index (Phi) is 42.1. The molecule has 3 saturated heterocycles. The third-order valence-corrected chi connectivity index (χ3v) is 15.4. The lowest BCUT2D eigenvalue weighted by molar-refractivity contribution is -0.379. The van der Waals surface area contributed by atoms with Crippen LogP contribution in [0.3, 0.4) is 0 Å². The molecule has 3 heterocycles. The fourth-order valence-electron chi connectivity index (χ4n) is 10.2. The van der Waals surface area contributed by atoms with Gasteiger partial charge in [-0.1, -0.05) is 182 Å². The Bertz CT molecular complexity index is 1860. The Labute approximate surface area is 501 Å². The van der Waals surface area contributed by atoms with Crippen LogP contribution in [0.4, 0.5) is 0 Å². The van der Waals surface area contributed by atoms with E-state index in [2.05, 4.69) is 92.1 Å². The van der Waals surface area contributed by atoms with E-state index in [0.717, 1.165) is 83.5 Å². The SMILES string of the molecule is CC/C=C\C/C=C\C/C=C\C/C=C\CCCCCCCCCCCCCCC(=O)NC(COC1OC(CO)C(OC2OC(CO)C(OC3OC(CO)C(O)C(O)C3O)C(O)C2O)C(O)C1O)C(O)/C=C/CC/C=C/CC/C=C/CCCCCC. The summed E-state index contributed by atoms with van der Waals surface area (Å²) in [6.07, 6.45) is 31.3. The van der Waals surface area contributed by atoms with Crippen LogP contribution in [-0.2, 0) is 33.2 Å². The second-order valence-corrected chi connectivity index (χ2v) is 22.5. The number of rotatable bonds is 46. The molecule has 3 aliphatic heterocycles. The van der Waals surface area contributed by atoms with E-state index in [9.17, 15) is 61.0 Å². The first-order valence-corrected chi connectivity index (χ1v) is 31.8. The highest BCUT2D eigenvalue weighted by atomic mass is 16.8. The first-order chi connectivity index (χ1) is 40.8. The average Bonchev–Trinajstić information content (AvgIpc) is 3.68. The van der Waals surface area contributed by atoms with Gasteiger partial charge in [0.15, 0.2) is 18.9 Å². The van der Waals surface area contributed by atoms with E-state index in [1.807, 2.05) is 6.08 Å². The molecule has 3 rings (SSSR count). The number of ether oxygens (including phenoxy) is 6. The number of amides is 1. The van der Waals surface area contributed by atoms with Crippen molar-refractivity contribution in [2.75, 3.05) is 26.4 Å². The zero-order valence-electron chi connectivity index (χ0n) is 50.6. The second-order valence-electron chi connectivity index (χ2n) is 22.5. The van der Waals surface area contributed by atoms with E-state index >= 15 is 0 Å². The normalized spacial score (nSPS) is 29.8. The Hall–Kier alpha value is -3.03. The van der Waals surface area contributed by atoms with Crippen molar-refractivity contribution in [2.45, 2.75) is 291 Å². The number of unbranched alkanes of at least 4 members (excludes halogenated alkanes) is 18. The highest BCUT2D eigenvalue weighted by Crippen LogP contribution is 2.33. The summed E-state index contributed by atoms with van der Waals surface area (Å²) in [5, 5.41) is 120.